The number of rotatable bonds is 5. The van der Waals surface area contributed by atoms with Crippen LogP contribution in [-0.4, -0.2) is 32.0 Å². The van der Waals surface area contributed by atoms with E-state index in [0.717, 1.165) is 17.9 Å². The van der Waals surface area contributed by atoms with Crippen LogP contribution in [0.15, 0.2) is 18.6 Å². The van der Waals surface area contributed by atoms with Gasteiger partial charge in [0.1, 0.15) is 12.2 Å². The third-order valence-electron chi connectivity index (χ3n) is 2.72. The van der Waals surface area contributed by atoms with Gasteiger partial charge in [0.2, 0.25) is 0 Å². The topological polar surface area (TPSA) is 71.4 Å². The number of likely N-dealkylation sites (N-methyl/N-ethyl adjacent to an activating group) is 1. The van der Waals surface area contributed by atoms with Gasteiger partial charge in [0.05, 0.1) is 11.7 Å². The first-order valence-corrected chi connectivity index (χ1v) is 5.77. The predicted molar refractivity (Wildman–Crippen MR) is 64.5 cm³/mol. The molecule has 0 radical (unpaired) electrons. The molecule has 0 saturated carbocycles. The second kappa shape index (κ2) is 5.09. The summed E-state index contributed by atoms with van der Waals surface area (Å²) in [7, 11) is 1.91. The molecule has 0 amide bonds. The average Bonchev–Trinajstić information content (AvgIpc) is 2.96. The highest BCUT2D eigenvalue weighted by molar-refractivity contribution is 5.05. The van der Waals surface area contributed by atoms with Gasteiger partial charge in [0, 0.05) is 18.7 Å². The quantitative estimate of drug-likeness (QED) is 0.812. The van der Waals surface area contributed by atoms with Crippen LogP contribution in [0.25, 0.3) is 0 Å². The molecule has 0 bridgehead atoms. The van der Waals surface area contributed by atoms with Crippen LogP contribution in [0.1, 0.15) is 37.4 Å². The summed E-state index contributed by atoms with van der Waals surface area (Å²) in [5, 5.41) is 14.5. The summed E-state index contributed by atoms with van der Waals surface area (Å²) in [5.74, 6) is 0.839. The van der Waals surface area contributed by atoms with Gasteiger partial charge in [-0.15, -0.1) is 0 Å². The molecule has 0 aliphatic heterocycles. The lowest BCUT2D eigenvalue weighted by molar-refractivity contribution is 0.508. The predicted octanol–water partition coefficient (Wildman–Crippen LogP) is 1.09. The summed E-state index contributed by atoms with van der Waals surface area (Å²) in [4.78, 5) is 4.16. The van der Waals surface area contributed by atoms with Gasteiger partial charge in [0.25, 0.3) is 0 Å². The van der Waals surface area contributed by atoms with Crippen molar-refractivity contribution in [2.24, 2.45) is 0 Å². The molecule has 0 aromatic carbocycles. The van der Waals surface area contributed by atoms with E-state index in [1.807, 2.05) is 24.0 Å². The van der Waals surface area contributed by atoms with Crippen molar-refractivity contribution in [1.82, 2.24) is 30.3 Å². The average molecular weight is 234 g/mol. The molecular weight excluding hydrogens is 216 g/mol. The van der Waals surface area contributed by atoms with Crippen molar-refractivity contribution in [2.75, 3.05) is 7.05 Å². The summed E-state index contributed by atoms with van der Waals surface area (Å²) < 4.78 is 1.96. The van der Waals surface area contributed by atoms with Crippen molar-refractivity contribution in [1.29, 1.82) is 0 Å². The van der Waals surface area contributed by atoms with Crippen molar-refractivity contribution < 1.29 is 0 Å². The molecule has 0 aliphatic rings. The van der Waals surface area contributed by atoms with Crippen molar-refractivity contribution in [3.8, 4) is 0 Å². The molecule has 0 spiro atoms. The van der Waals surface area contributed by atoms with Crippen LogP contribution in [0.2, 0.25) is 0 Å². The Bertz CT molecular complexity index is 444. The Kier molecular flexibility index (Phi) is 3.53. The van der Waals surface area contributed by atoms with E-state index in [1.165, 1.54) is 6.33 Å². The van der Waals surface area contributed by atoms with Gasteiger partial charge in [-0.3, -0.25) is 9.78 Å². The highest BCUT2D eigenvalue weighted by Gasteiger charge is 2.14. The molecule has 0 aliphatic carbocycles. The Hall–Kier alpha value is -1.69. The van der Waals surface area contributed by atoms with Gasteiger partial charge < -0.3 is 5.32 Å². The van der Waals surface area contributed by atoms with E-state index in [1.54, 1.807) is 0 Å². The zero-order chi connectivity index (χ0) is 12.3. The van der Waals surface area contributed by atoms with Crippen LogP contribution in [0.5, 0.6) is 0 Å². The molecule has 2 N–H and O–H groups in total. The van der Waals surface area contributed by atoms with Gasteiger partial charge >= 0.3 is 0 Å². The Morgan fingerprint density at radius 3 is 2.82 bits per heavy atom. The van der Waals surface area contributed by atoms with Crippen molar-refractivity contribution in [3.63, 3.8) is 0 Å². The normalized spacial score (nSPS) is 13.2. The van der Waals surface area contributed by atoms with E-state index in [4.69, 9.17) is 0 Å². The highest BCUT2D eigenvalue weighted by Crippen LogP contribution is 2.13. The van der Waals surface area contributed by atoms with Crippen LogP contribution >= 0.6 is 0 Å². The molecule has 2 aromatic rings. The number of hydrogen-bond donors (Lipinski definition) is 2. The third kappa shape index (κ3) is 2.71. The van der Waals surface area contributed by atoms with Crippen molar-refractivity contribution in [3.05, 3.63) is 30.1 Å². The highest BCUT2D eigenvalue weighted by atomic mass is 15.3. The first kappa shape index (κ1) is 11.8. The van der Waals surface area contributed by atoms with E-state index in [2.05, 4.69) is 39.4 Å². The largest absolute Gasteiger partial charge is 0.310 e. The van der Waals surface area contributed by atoms with Crippen LogP contribution in [0, 0.1) is 0 Å². The van der Waals surface area contributed by atoms with Gasteiger partial charge in [-0.05, 0) is 27.0 Å². The first-order chi connectivity index (χ1) is 8.20. The molecule has 6 nitrogen and oxygen atoms in total. The van der Waals surface area contributed by atoms with E-state index in [0.29, 0.717) is 6.04 Å². The van der Waals surface area contributed by atoms with Gasteiger partial charge in [-0.1, -0.05) is 0 Å². The Labute approximate surface area is 100 Å². The summed E-state index contributed by atoms with van der Waals surface area (Å²) in [5.41, 5.74) is 1.05. The maximum absolute atomic E-state index is 4.52. The number of aromatic amines is 1. The molecule has 92 valence electrons. The Morgan fingerprint density at radius 1 is 1.47 bits per heavy atom. The van der Waals surface area contributed by atoms with Crippen LogP contribution in [-0.2, 0) is 6.42 Å². The smallest absolute Gasteiger partial charge is 0.141 e. The van der Waals surface area contributed by atoms with E-state index < -0.39 is 0 Å². The SMILES string of the molecule is CNC(Cc1ccn(C(C)C)n1)c1ncn[nH]1. The van der Waals surface area contributed by atoms with Crippen LogP contribution < -0.4 is 5.32 Å². The summed E-state index contributed by atoms with van der Waals surface area (Å²) >= 11 is 0. The van der Waals surface area contributed by atoms with Crippen molar-refractivity contribution >= 4 is 0 Å². The zero-order valence-corrected chi connectivity index (χ0v) is 10.4. The van der Waals surface area contributed by atoms with Crippen LogP contribution in [0.4, 0.5) is 0 Å². The fourth-order valence-electron chi connectivity index (χ4n) is 1.70. The molecule has 0 saturated heterocycles. The van der Waals surface area contributed by atoms with E-state index in [-0.39, 0.29) is 6.04 Å². The molecule has 17 heavy (non-hydrogen) atoms. The second-order valence-corrected chi connectivity index (χ2v) is 4.30. The lowest BCUT2D eigenvalue weighted by atomic mass is 10.1. The van der Waals surface area contributed by atoms with Gasteiger partial charge in [-0.2, -0.15) is 10.2 Å². The molecule has 2 aromatic heterocycles. The maximum atomic E-state index is 4.52. The number of nitrogens with zero attached hydrogens (tertiary/aromatic N) is 4. The van der Waals surface area contributed by atoms with Gasteiger partial charge in [-0.25, -0.2) is 4.98 Å². The minimum Gasteiger partial charge on any atom is -0.310 e. The number of aromatic nitrogens is 5. The standard InChI is InChI=1S/C11H18N6/c1-8(2)17-5-4-9(16-17)6-10(12-3)11-13-7-14-15-11/h4-5,7-8,10,12H,6H2,1-3H3,(H,13,14,15). The molecule has 1 atom stereocenters. The molecule has 2 heterocycles. The molecule has 1 unspecified atom stereocenters. The molecule has 6 heteroatoms. The minimum absolute atomic E-state index is 0.119. The van der Waals surface area contributed by atoms with Crippen LogP contribution in [0.3, 0.4) is 0 Å². The molecule has 0 fully saturated rings. The number of hydrogen-bond acceptors (Lipinski definition) is 4. The lowest BCUT2D eigenvalue weighted by Gasteiger charge is -2.11. The molecule has 2 rings (SSSR count). The second-order valence-electron chi connectivity index (χ2n) is 4.30. The fraction of sp³-hybridized carbons (Fsp3) is 0.545. The number of nitrogens with one attached hydrogen (secondary N) is 2. The summed E-state index contributed by atoms with van der Waals surface area (Å²) in [6, 6.07) is 2.55. The summed E-state index contributed by atoms with van der Waals surface area (Å²) in [6.07, 6.45) is 4.32. The fourth-order valence-corrected chi connectivity index (χ4v) is 1.70. The van der Waals surface area contributed by atoms with Crippen molar-refractivity contribution in [2.45, 2.75) is 32.4 Å². The van der Waals surface area contributed by atoms with E-state index in [9.17, 15) is 0 Å². The van der Waals surface area contributed by atoms with Gasteiger partial charge in [0.15, 0.2) is 0 Å². The monoisotopic (exact) mass is 234 g/mol. The third-order valence-corrected chi connectivity index (χ3v) is 2.72. The Morgan fingerprint density at radius 2 is 2.29 bits per heavy atom. The lowest BCUT2D eigenvalue weighted by Crippen LogP contribution is -2.20. The zero-order valence-electron chi connectivity index (χ0n) is 10.4. The summed E-state index contributed by atoms with van der Waals surface area (Å²) in [6.45, 7) is 4.23. The Balaban J connectivity index is 2.08. The first-order valence-electron chi connectivity index (χ1n) is 5.77. The number of H-pyrrole nitrogens is 1. The minimum atomic E-state index is 0.119. The van der Waals surface area contributed by atoms with E-state index >= 15 is 0 Å². The molecular formula is C11H18N6. The maximum Gasteiger partial charge on any atom is 0.141 e.